The summed E-state index contributed by atoms with van der Waals surface area (Å²) < 4.78 is 0. The van der Waals surface area contributed by atoms with Gasteiger partial charge in [-0.2, -0.15) is 0 Å². The number of carbonyl (C=O) groups excluding carboxylic acids is 2. The highest BCUT2D eigenvalue weighted by atomic mass is 35.5. The van der Waals surface area contributed by atoms with Crippen LogP contribution in [0.2, 0.25) is 10.0 Å². The van der Waals surface area contributed by atoms with E-state index in [4.69, 9.17) is 23.2 Å². The van der Waals surface area contributed by atoms with Crippen LogP contribution in [0.3, 0.4) is 0 Å². The number of fused-ring (bicyclic) bond motifs is 5. The van der Waals surface area contributed by atoms with Crippen LogP contribution in [0.4, 0.5) is 5.69 Å². The summed E-state index contributed by atoms with van der Waals surface area (Å²) in [5, 5.41) is 0.600. The molecule has 2 fully saturated rings. The van der Waals surface area contributed by atoms with Crippen LogP contribution in [-0.4, -0.2) is 11.8 Å². The van der Waals surface area contributed by atoms with Crippen LogP contribution in [0.1, 0.15) is 13.3 Å². The highest BCUT2D eigenvalue weighted by Gasteiger charge is 2.67. The molecule has 3 nitrogen and oxygen atoms in total. The zero-order chi connectivity index (χ0) is 14.9. The zero-order valence-electron chi connectivity index (χ0n) is 11.3. The molecule has 1 saturated carbocycles. The molecule has 1 aromatic rings. The SMILES string of the molecule is C[C@@]12C(=O)N(c3cccc(Cl)c3Cl)C(=O)[C@H]1[C@@H]1C=C[C@@H]2C1. The summed E-state index contributed by atoms with van der Waals surface area (Å²) in [6.45, 7) is 1.91. The number of nitrogens with zero attached hydrogens (tertiary/aromatic N) is 1. The molecule has 4 rings (SSSR count). The molecule has 1 saturated heterocycles. The van der Waals surface area contributed by atoms with Crippen molar-refractivity contribution < 1.29 is 9.59 Å². The van der Waals surface area contributed by atoms with Gasteiger partial charge in [-0.15, -0.1) is 0 Å². The van der Waals surface area contributed by atoms with Gasteiger partial charge in [0, 0.05) is 0 Å². The van der Waals surface area contributed by atoms with E-state index in [1.54, 1.807) is 18.2 Å². The summed E-state index contributed by atoms with van der Waals surface area (Å²) in [6.07, 6.45) is 5.05. The Labute approximate surface area is 132 Å². The van der Waals surface area contributed by atoms with E-state index in [2.05, 4.69) is 12.2 Å². The van der Waals surface area contributed by atoms with Gasteiger partial charge in [0.1, 0.15) is 0 Å². The van der Waals surface area contributed by atoms with Crippen LogP contribution < -0.4 is 4.90 Å². The molecule has 3 aliphatic rings. The fraction of sp³-hybridized carbons (Fsp3) is 0.375. The van der Waals surface area contributed by atoms with E-state index in [0.29, 0.717) is 10.7 Å². The molecule has 4 atom stereocenters. The Hall–Kier alpha value is -1.32. The number of rotatable bonds is 1. The Morgan fingerprint density at radius 3 is 2.71 bits per heavy atom. The van der Waals surface area contributed by atoms with Crippen molar-refractivity contribution in [3.05, 3.63) is 40.4 Å². The van der Waals surface area contributed by atoms with Crippen LogP contribution >= 0.6 is 23.2 Å². The van der Waals surface area contributed by atoms with Gasteiger partial charge in [0.15, 0.2) is 0 Å². The number of allylic oxidation sites excluding steroid dienone is 2. The van der Waals surface area contributed by atoms with E-state index < -0.39 is 5.41 Å². The van der Waals surface area contributed by atoms with Crippen molar-refractivity contribution in [3.63, 3.8) is 0 Å². The Kier molecular flexibility index (Phi) is 2.61. The summed E-state index contributed by atoms with van der Waals surface area (Å²) in [7, 11) is 0. The maximum Gasteiger partial charge on any atom is 0.241 e. The second-order valence-corrected chi connectivity index (χ2v) is 6.99. The molecule has 21 heavy (non-hydrogen) atoms. The third kappa shape index (κ3) is 1.46. The van der Waals surface area contributed by atoms with Crippen molar-refractivity contribution >= 4 is 40.7 Å². The summed E-state index contributed by atoms with van der Waals surface area (Å²) >= 11 is 12.2. The van der Waals surface area contributed by atoms with Gasteiger partial charge in [-0.25, -0.2) is 4.90 Å². The fourth-order valence-electron chi connectivity index (χ4n) is 4.20. The first kappa shape index (κ1) is 13.4. The highest BCUT2D eigenvalue weighted by Crippen LogP contribution is 2.61. The first-order valence-corrected chi connectivity index (χ1v) is 7.72. The van der Waals surface area contributed by atoms with Gasteiger partial charge < -0.3 is 0 Å². The number of hydrogen-bond donors (Lipinski definition) is 0. The van der Waals surface area contributed by atoms with Gasteiger partial charge in [0.25, 0.3) is 0 Å². The minimum atomic E-state index is -0.637. The first-order chi connectivity index (χ1) is 9.96. The van der Waals surface area contributed by atoms with Gasteiger partial charge in [-0.1, -0.05) is 41.4 Å². The van der Waals surface area contributed by atoms with Crippen LogP contribution in [0.25, 0.3) is 0 Å². The molecule has 1 heterocycles. The normalized spacial score (nSPS) is 36.7. The maximum atomic E-state index is 12.9. The third-order valence-corrected chi connectivity index (χ3v) is 6.09. The minimum Gasteiger partial charge on any atom is -0.274 e. The van der Waals surface area contributed by atoms with E-state index in [1.807, 2.05) is 6.92 Å². The number of imide groups is 1. The predicted octanol–water partition coefficient (Wildman–Crippen LogP) is 3.70. The molecule has 0 radical (unpaired) electrons. The Morgan fingerprint density at radius 1 is 1.24 bits per heavy atom. The predicted molar refractivity (Wildman–Crippen MR) is 81.3 cm³/mol. The van der Waals surface area contributed by atoms with Crippen LogP contribution in [0.5, 0.6) is 0 Å². The number of amides is 2. The molecule has 2 aliphatic carbocycles. The van der Waals surface area contributed by atoms with Crippen molar-refractivity contribution in [2.45, 2.75) is 13.3 Å². The van der Waals surface area contributed by atoms with Gasteiger partial charge >= 0.3 is 0 Å². The van der Waals surface area contributed by atoms with Gasteiger partial charge in [-0.05, 0) is 37.3 Å². The molecular weight excluding hydrogens is 309 g/mol. The number of benzene rings is 1. The van der Waals surface area contributed by atoms with E-state index >= 15 is 0 Å². The fourth-order valence-corrected chi connectivity index (χ4v) is 4.58. The summed E-state index contributed by atoms with van der Waals surface area (Å²) in [5.41, 5.74) is -0.239. The average molecular weight is 322 g/mol. The molecule has 2 amide bonds. The Balaban J connectivity index is 1.85. The number of carbonyl (C=O) groups is 2. The lowest BCUT2D eigenvalue weighted by molar-refractivity contribution is -0.127. The van der Waals surface area contributed by atoms with Crippen LogP contribution in [-0.2, 0) is 9.59 Å². The number of halogens is 2. The molecule has 0 unspecified atom stereocenters. The highest BCUT2D eigenvalue weighted by molar-refractivity contribution is 6.45. The van der Waals surface area contributed by atoms with Crippen molar-refractivity contribution in [2.24, 2.45) is 23.2 Å². The summed E-state index contributed by atoms with van der Waals surface area (Å²) in [6, 6.07) is 5.02. The lowest BCUT2D eigenvalue weighted by Crippen LogP contribution is -2.37. The lowest BCUT2D eigenvalue weighted by Gasteiger charge is -2.28. The second-order valence-electron chi connectivity index (χ2n) is 6.20. The number of hydrogen-bond acceptors (Lipinski definition) is 2. The van der Waals surface area contributed by atoms with Crippen LogP contribution in [0, 0.1) is 23.2 Å². The second kappa shape index (κ2) is 4.11. The Morgan fingerprint density at radius 2 is 2.00 bits per heavy atom. The van der Waals surface area contributed by atoms with Gasteiger partial charge in [0.2, 0.25) is 11.8 Å². The lowest BCUT2D eigenvalue weighted by atomic mass is 9.71. The van der Waals surface area contributed by atoms with E-state index in [1.165, 1.54) is 4.90 Å². The quantitative estimate of drug-likeness (QED) is 0.584. The third-order valence-electron chi connectivity index (χ3n) is 5.28. The molecule has 0 N–H and O–H groups in total. The average Bonchev–Trinajstić information content (AvgIpc) is 3.07. The zero-order valence-corrected chi connectivity index (χ0v) is 12.9. The van der Waals surface area contributed by atoms with Crippen molar-refractivity contribution in [1.29, 1.82) is 0 Å². The number of anilines is 1. The first-order valence-electron chi connectivity index (χ1n) is 6.97. The molecular formula is C16H13Cl2NO2. The molecule has 108 valence electrons. The van der Waals surface area contributed by atoms with Crippen molar-refractivity contribution in [2.75, 3.05) is 4.90 Å². The van der Waals surface area contributed by atoms with E-state index in [-0.39, 0.29) is 34.6 Å². The van der Waals surface area contributed by atoms with E-state index in [0.717, 1.165) is 6.42 Å². The Bertz CT molecular complexity index is 714. The topological polar surface area (TPSA) is 37.4 Å². The van der Waals surface area contributed by atoms with Gasteiger partial charge in [-0.3, -0.25) is 9.59 Å². The molecule has 1 aromatic carbocycles. The van der Waals surface area contributed by atoms with Crippen LogP contribution in [0.15, 0.2) is 30.4 Å². The monoisotopic (exact) mass is 321 g/mol. The molecule has 5 heteroatoms. The maximum absolute atomic E-state index is 12.9. The minimum absolute atomic E-state index is 0.145. The molecule has 0 spiro atoms. The van der Waals surface area contributed by atoms with E-state index in [9.17, 15) is 9.59 Å². The smallest absolute Gasteiger partial charge is 0.241 e. The molecule has 0 aromatic heterocycles. The standard InChI is InChI=1S/C16H13Cl2NO2/c1-16-9-6-5-8(7-9)12(16)14(20)19(15(16)21)11-4-2-3-10(17)13(11)18/h2-6,8-9,12H,7H2,1H3/t8-,9-,12-,16+/m1/s1. The summed E-state index contributed by atoms with van der Waals surface area (Å²) in [4.78, 5) is 27.0. The summed E-state index contributed by atoms with van der Waals surface area (Å²) in [5.74, 6) is -0.261. The molecule has 2 bridgehead atoms. The largest absolute Gasteiger partial charge is 0.274 e. The van der Waals surface area contributed by atoms with Gasteiger partial charge in [0.05, 0.1) is 27.1 Å². The van der Waals surface area contributed by atoms with Crippen molar-refractivity contribution in [1.82, 2.24) is 0 Å². The molecule has 1 aliphatic heterocycles. The van der Waals surface area contributed by atoms with Crippen molar-refractivity contribution in [3.8, 4) is 0 Å².